The fourth-order valence-electron chi connectivity index (χ4n) is 2.53. The highest BCUT2D eigenvalue weighted by atomic mass is 16.5. The van der Waals surface area contributed by atoms with E-state index in [1.165, 1.54) is 10.5 Å². The van der Waals surface area contributed by atoms with Gasteiger partial charge in [-0.25, -0.2) is 4.79 Å². The first-order valence-corrected chi connectivity index (χ1v) is 6.22. The number of rotatable bonds is 3. The summed E-state index contributed by atoms with van der Waals surface area (Å²) in [5.74, 6) is 0. The number of amides is 1. The standard InChI is InChI=1S/C14H19NO3/c1-18-14(11-12-5-3-2-4-6-12)7-9-15(10-8-14)13(16)17/h2-6H,7-11H2,1H3,(H,16,17). The molecule has 0 radical (unpaired) electrons. The van der Waals surface area contributed by atoms with Crippen molar-refractivity contribution in [3.8, 4) is 0 Å². The Morgan fingerprint density at radius 1 is 1.33 bits per heavy atom. The number of piperidine rings is 1. The normalized spacial score (nSPS) is 18.6. The average molecular weight is 249 g/mol. The van der Waals surface area contributed by atoms with Gasteiger partial charge in [0, 0.05) is 26.6 Å². The molecule has 1 aromatic carbocycles. The molecule has 1 fully saturated rings. The van der Waals surface area contributed by atoms with Crippen LogP contribution in [-0.2, 0) is 11.2 Å². The zero-order chi connectivity index (χ0) is 13.0. The van der Waals surface area contributed by atoms with Gasteiger partial charge in [0.25, 0.3) is 0 Å². The molecule has 0 aromatic heterocycles. The number of hydrogen-bond acceptors (Lipinski definition) is 2. The topological polar surface area (TPSA) is 49.8 Å². The van der Waals surface area contributed by atoms with Gasteiger partial charge in [0.15, 0.2) is 0 Å². The van der Waals surface area contributed by atoms with E-state index < -0.39 is 6.09 Å². The first-order chi connectivity index (χ1) is 8.65. The molecule has 1 aliphatic heterocycles. The predicted molar refractivity (Wildman–Crippen MR) is 68.7 cm³/mol. The monoisotopic (exact) mass is 249 g/mol. The van der Waals surface area contributed by atoms with Gasteiger partial charge in [0.1, 0.15) is 0 Å². The second kappa shape index (κ2) is 5.40. The number of hydrogen-bond donors (Lipinski definition) is 1. The third kappa shape index (κ3) is 2.82. The van der Waals surface area contributed by atoms with Crippen LogP contribution >= 0.6 is 0 Å². The molecule has 1 N–H and O–H groups in total. The van der Waals surface area contributed by atoms with Crippen molar-refractivity contribution in [2.24, 2.45) is 0 Å². The van der Waals surface area contributed by atoms with Crippen LogP contribution in [0.5, 0.6) is 0 Å². The van der Waals surface area contributed by atoms with Gasteiger partial charge in [-0.15, -0.1) is 0 Å². The van der Waals surface area contributed by atoms with Gasteiger partial charge in [-0.2, -0.15) is 0 Å². The molecule has 1 saturated heterocycles. The summed E-state index contributed by atoms with van der Waals surface area (Å²) >= 11 is 0. The smallest absolute Gasteiger partial charge is 0.407 e. The minimum Gasteiger partial charge on any atom is -0.465 e. The van der Waals surface area contributed by atoms with Crippen molar-refractivity contribution in [1.82, 2.24) is 4.90 Å². The van der Waals surface area contributed by atoms with Crippen molar-refractivity contribution in [2.75, 3.05) is 20.2 Å². The van der Waals surface area contributed by atoms with E-state index in [-0.39, 0.29) is 5.60 Å². The van der Waals surface area contributed by atoms with Gasteiger partial charge in [-0.1, -0.05) is 30.3 Å². The van der Waals surface area contributed by atoms with Crippen LogP contribution in [0.2, 0.25) is 0 Å². The van der Waals surface area contributed by atoms with Crippen LogP contribution in [0.25, 0.3) is 0 Å². The van der Waals surface area contributed by atoms with Crippen molar-refractivity contribution in [3.63, 3.8) is 0 Å². The molecule has 4 heteroatoms. The molecule has 0 bridgehead atoms. The van der Waals surface area contributed by atoms with Gasteiger partial charge >= 0.3 is 6.09 Å². The zero-order valence-electron chi connectivity index (χ0n) is 10.6. The minimum absolute atomic E-state index is 0.215. The average Bonchev–Trinajstić information content (AvgIpc) is 2.40. The summed E-state index contributed by atoms with van der Waals surface area (Å²) < 4.78 is 5.69. The molecule has 2 rings (SSSR count). The molecule has 18 heavy (non-hydrogen) atoms. The van der Waals surface area contributed by atoms with Crippen molar-refractivity contribution >= 4 is 6.09 Å². The number of benzene rings is 1. The predicted octanol–water partition coefficient (Wildman–Crippen LogP) is 2.39. The van der Waals surface area contributed by atoms with E-state index in [4.69, 9.17) is 9.84 Å². The molecule has 0 saturated carbocycles. The van der Waals surface area contributed by atoms with Crippen molar-refractivity contribution in [2.45, 2.75) is 24.9 Å². The third-order valence-electron chi connectivity index (χ3n) is 3.75. The Kier molecular flexibility index (Phi) is 3.87. The summed E-state index contributed by atoms with van der Waals surface area (Å²) in [6, 6.07) is 10.2. The Morgan fingerprint density at radius 2 is 1.94 bits per heavy atom. The molecule has 1 aliphatic rings. The highest BCUT2D eigenvalue weighted by Crippen LogP contribution is 2.29. The minimum atomic E-state index is -0.834. The summed E-state index contributed by atoms with van der Waals surface area (Å²) in [6.45, 7) is 1.10. The van der Waals surface area contributed by atoms with Crippen LogP contribution in [0.1, 0.15) is 18.4 Å². The molecule has 1 aromatic rings. The SMILES string of the molecule is COC1(Cc2ccccc2)CCN(C(=O)O)CC1. The third-order valence-corrected chi connectivity index (χ3v) is 3.75. The quantitative estimate of drug-likeness (QED) is 0.894. The number of methoxy groups -OCH3 is 1. The van der Waals surface area contributed by atoms with Crippen molar-refractivity contribution < 1.29 is 14.6 Å². The lowest BCUT2D eigenvalue weighted by molar-refractivity contribution is -0.0524. The van der Waals surface area contributed by atoms with E-state index in [0.717, 1.165) is 19.3 Å². The van der Waals surface area contributed by atoms with Crippen LogP contribution < -0.4 is 0 Å². The molecule has 0 unspecified atom stereocenters. The van der Waals surface area contributed by atoms with E-state index in [1.54, 1.807) is 7.11 Å². The lowest BCUT2D eigenvalue weighted by Gasteiger charge is -2.40. The molecule has 1 amide bonds. The van der Waals surface area contributed by atoms with E-state index in [9.17, 15) is 4.79 Å². The van der Waals surface area contributed by atoms with Crippen LogP contribution in [0.3, 0.4) is 0 Å². The van der Waals surface area contributed by atoms with Gasteiger partial charge in [0.05, 0.1) is 5.60 Å². The van der Waals surface area contributed by atoms with Gasteiger partial charge in [-0.3, -0.25) is 0 Å². The maximum atomic E-state index is 10.9. The van der Waals surface area contributed by atoms with Crippen molar-refractivity contribution in [3.05, 3.63) is 35.9 Å². The van der Waals surface area contributed by atoms with Gasteiger partial charge < -0.3 is 14.7 Å². The van der Waals surface area contributed by atoms with Gasteiger partial charge in [0.2, 0.25) is 0 Å². The Balaban J connectivity index is 2.03. The first-order valence-electron chi connectivity index (χ1n) is 6.22. The number of carbonyl (C=O) groups is 1. The molecular formula is C14H19NO3. The van der Waals surface area contributed by atoms with Gasteiger partial charge in [-0.05, 0) is 18.4 Å². The number of ether oxygens (including phenoxy) is 1. The second-order valence-electron chi connectivity index (χ2n) is 4.82. The van der Waals surface area contributed by atoms with Crippen LogP contribution in [0, 0.1) is 0 Å². The Hall–Kier alpha value is -1.55. The molecule has 0 aliphatic carbocycles. The zero-order valence-corrected chi connectivity index (χ0v) is 10.6. The molecule has 1 heterocycles. The van der Waals surface area contributed by atoms with E-state index in [2.05, 4.69) is 12.1 Å². The molecule has 4 nitrogen and oxygen atoms in total. The first kappa shape index (κ1) is 12.9. The summed E-state index contributed by atoms with van der Waals surface area (Å²) in [6.07, 6.45) is 1.52. The maximum absolute atomic E-state index is 10.9. The largest absolute Gasteiger partial charge is 0.465 e. The number of likely N-dealkylation sites (tertiary alicyclic amines) is 1. The summed E-state index contributed by atoms with van der Waals surface area (Å²) in [5.41, 5.74) is 1.02. The second-order valence-corrected chi connectivity index (χ2v) is 4.82. The summed E-state index contributed by atoms with van der Waals surface area (Å²) in [4.78, 5) is 12.4. The van der Waals surface area contributed by atoms with E-state index in [0.29, 0.717) is 13.1 Å². The molecule has 0 atom stereocenters. The van der Waals surface area contributed by atoms with E-state index >= 15 is 0 Å². The highest BCUT2D eigenvalue weighted by molar-refractivity contribution is 5.65. The van der Waals surface area contributed by atoms with Crippen LogP contribution in [0.15, 0.2) is 30.3 Å². The fourth-order valence-corrected chi connectivity index (χ4v) is 2.53. The number of carboxylic acid groups (broad SMARTS) is 1. The van der Waals surface area contributed by atoms with E-state index in [1.807, 2.05) is 18.2 Å². The fraction of sp³-hybridized carbons (Fsp3) is 0.500. The Labute approximate surface area is 107 Å². The Morgan fingerprint density at radius 3 is 2.44 bits per heavy atom. The summed E-state index contributed by atoms with van der Waals surface area (Å²) in [5, 5.41) is 8.96. The lowest BCUT2D eigenvalue weighted by Crippen LogP contribution is -2.48. The Bertz CT molecular complexity index is 397. The van der Waals surface area contributed by atoms with Crippen LogP contribution in [-0.4, -0.2) is 41.9 Å². The lowest BCUT2D eigenvalue weighted by atomic mass is 9.85. The number of nitrogens with zero attached hydrogens (tertiary/aromatic N) is 1. The summed E-state index contributed by atoms with van der Waals surface area (Å²) in [7, 11) is 1.72. The van der Waals surface area contributed by atoms with Crippen LogP contribution in [0.4, 0.5) is 4.79 Å². The molecule has 0 spiro atoms. The highest BCUT2D eigenvalue weighted by Gasteiger charge is 2.35. The molecular weight excluding hydrogens is 230 g/mol. The molecule has 98 valence electrons. The van der Waals surface area contributed by atoms with Crippen molar-refractivity contribution in [1.29, 1.82) is 0 Å². The maximum Gasteiger partial charge on any atom is 0.407 e.